The monoisotopic (exact) mass is 281 g/mol. The molecule has 0 amide bonds. The number of aliphatic hydroxyl groups excluding tert-OH is 1. The molecular weight excluding hydrogens is 258 g/mol. The fraction of sp³-hybridized carbons (Fsp3) is 0.625. The molecule has 0 saturated carbocycles. The minimum Gasteiger partial charge on any atom is -0.396 e. The molecule has 0 bridgehead atoms. The van der Waals surface area contributed by atoms with Gasteiger partial charge in [-0.2, -0.15) is 0 Å². The average Bonchev–Trinajstić information content (AvgIpc) is 2.42. The summed E-state index contributed by atoms with van der Waals surface area (Å²) in [5.74, 6) is 1.17. The summed E-state index contributed by atoms with van der Waals surface area (Å²) < 4.78 is 0. The van der Waals surface area contributed by atoms with E-state index in [1.165, 1.54) is 24.9 Å². The SMILES string of the molecule is CC(CO)CC1CCCN(Cc2ccc(Cl)cc2)C1. The van der Waals surface area contributed by atoms with Crippen molar-refractivity contribution < 1.29 is 5.11 Å². The molecule has 0 spiro atoms. The number of aliphatic hydroxyl groups is 1. The largest absolute Gasteiger partial charge is 0.396 e. The normalized spacial score (nSPS) is 22.4. The molecule has 1 aromatic rings. The van der Waals surface area contributed by atoms with Gasteiger partial charge in [0.15, 0.2) is 0 Å². The van der Waals surface area contributed by atoms with Crippen LogP contribution in [0, 0.1) is 11.8 Å². The van der Waals surface area contributed by atoms with Crippen LogP contribution in [0.3, 0.4) is 0 Å². The highest BCUT2D eigenvalue weighted by Gasteiger charge is 2.21. The Morgan fingerprint density at radius 3 is 2.79 bits per heavy atom. The first-order valence-electron chi connectivity index (χ1n) is 7.25. The lowest BCUT2D eigenvalue weighted by Crippen LogP contribution is -2.35. The molecule has 2 unspecified atom stereocenters. The van der Waals surface area contributed by atoms with Crippen LogP contribution in [0.5, 0.6) is 0 Å². The van der Waals surface area contributed by atoms with Gasteiger partial charge in [0, 0.05) is 24.7 Å². The van der Waals surface area contributed by atoms with Gasteiger partial charge in [0.25, 0.3) is 0 Å². The van der Waals surface area contributed by atoms with Crippen LogP contribution in [0.25, 0.3) is 0 Å². The summed E-state index contributed by atoms with van der Waals surface area (Å²) in [5, 5.41) is 9.97. The number of likely N-dealkylation sites (tertiary alicyclic amines) is 1. The minimum atomic E-state index is 0.313. The molecular formula is C16H24ClNO. The second kappa shape index (κ2) is 7.28. The highest BCUT2D eigenvalue weighted by Crippen LogP contribution is 2.24. The summed E-state index contributed by atoms with van der Waals surface area (Å²) in [4.78, 5) is 2.53. The van der Waals surface area contributed by atoms with Gasteiger partial charge >= 0.3 is 0 Å². The van der Waals surface area contributed by atoms with E-state index in [1.54, 1.807) is 0 Å². The Balaban J connectivity index is 1.85. The molecule has 106 valence electrons. The fourth-order valence-electron chi connectivity index (χ4n) is 2.98. The number of hydrogen-bond donors (Lipinski definition) is 1. The third-order valence-electron chi connectivity index (χ3n) is 3.97. The van der Waals surface area contributed by atoms with E-state index in [9.17, 15) is 0 Å². The predicted molar refractivity (Wildman–Crippen MR) is 80.3 cm³/mol. The van der Waals surface area contributed by atoms with Gasteiger partial charge in [-0.1, -0.05) is 30.7 Å². The average molecular weight is 282 g/mol. The van der Waals surface area contributed by atoms with Crippen molar-refractivity contribution in [2.24, 2.45) is 11.8 Å². The summed E-state index contributed by atoms with van der Waals surface area (Å²) in [6.07, 6.45) is 3.73. The van der Waals surface area contributed by atoms with Crippen molar-refractivity contribution in [1.29, 1.82) is 0 Å². The fourth-order valence-corrected chi connectivity index (χ4v) is 3.10. The molecule has 0 radical (unpaired) electrons. The lowest BCUT2D eigenvalue weighted by molar-refractivity contribution is 0.134. The van der Waals surface area contributed by atoms with Gasteiger partial charge < -0.3 is 5.11 Å². The molecule has 1 aliphatic heterocycles. The van der Waals surface area contributed by atoms with Crippen LogP contribution in [0.4, 0.5) is 0 Å². The van der Waals surface area contributed by atoms with Crippen LogP contribution >= 0.6 is 11.6 Å². The van der Waals surface area contributed by atoms with Crippen molar-refractivity contribution in [3.05, 3.63) is 34.9 Å². The van der Waals surface area contributed by atoms with E-state index in [2.05, 4.69) is 24.0 Å². The second-order valence-electron chi connectivity index (χ2n) is 5.89. The van der Waals surface area contributed by atoms with Gasteiger partial charge in [0.05, 0.1) is 0 Å². The van der Waals surface area contributed by atoms with Gasteiger partial charge in [0.1, 0.15) is 0 Å². The zero-order chi connectivity index (χ0) is 13.7. The Bertz CT molecular complexity index is 379. The molecule has 1 aromatic carbocycles. The minimum absolute atomic E-state index is 0.313. The third kappa shape index (κ3) is 4.79. The summed E-state index contributed by atoms with van der Waals surface area (Å²) >= 11 is 5.91. The van der Waals surface area contributed by atoms with Crippen LogP contribution in [0.15, 0.2) is 24.3 Å². The second-order valence-corrected chi connectivity index (χ2v) is 6.33. The maximum absolute atomic E-state index is 9.17. The van der Waals surface area contributed by atoms with Crippen LogP contribution in [-0.4, -0.2) is 29.7 Å². The Kier molecular flexibility index (Phi) is 5.68. The summed E-state index contributed by atoms with van der Waals surface area (Å²) in [6.45, 7) is 5.81. The van der Waals surface area contributed by atoms with Gasteiger partial charge in [-0.15, -0.1) is 0 Å². The molecule has 2 nitrogen and oxygen atoms in total. The van der Waals surface area contributed by atoms with Crippen molar-refractivity contribution in [3.8, 4) is 0 Å². The molecule has 1 heterocycles. The molecule has 0 aromatic heterocycles. The summed E-state index contributed by atoms with van der Waals surface area (Å²) in [7, 11) is 0. The van der Waals surface area contributed by atoms with E-state index in [0.717, 1.165) is 30.5 Å². The van der Waals surface area contributed by atoms with Crippen molar-refractivity contribution in [2.75, 3.05) is 19.7 Å². The zero-order valence-electron chi connectivity index (χ0n) is 11.7. The highest BCUT2D eigenvalue weighted by molar-refractivity contribution is 6.30. The third-order valence-corrected chi connectivity index (χ3v) is 4.22. The lowest BCUT2D eigenvalue weighted by atomic mass is 9.89. The highest BCUT2D eigenvalue weighted by atomic mass is 35.5. The van der Waals surface area contributed by atoms with E-state index < -0.39 is 0 Å². The van der Waals surface area contributed by atoms with Gasteiger partial charge in [0.2, 0.25) is 0 Å². The quantitative estimate of drug-likeness (QED) is 0.892. The lowest BCUT2D eigenvalue weighted by Gasteiger charge is -2.33. The molecule has 3 heteroatoms. The van der Waals surface area contributed by atoms with Gasteiger partial charge in [-0.25, -0.2) is 0 Å². The Labute approximate surface area is 121 Å². The van der Waals surface area contributed by atoms with E-state index in [-0.39, 0.29) is 0 Å². The molecule has 1 saturated heterocycles. The summed E-state index contributed by atoms with van der Waals surface area (Å²) in [5.41, 5.74) is 1.33. The number of hydrogen-bond acceptors (Lipinski definition) is 2. The first-order valence-corrected chi connectivity index (χ1v) is 7.63. The molecule has 1 N–H and O–H groups in total. The number of halogens is 1. The molecule has 2 rings (SSSR count). The molecule has 2 atom stereocenters. The molecule has 19 heavy (non-hydrogen) atoms. The van der Waals surface area contributed by atoms with Crippen molar-refractivity contribution in [1.82, 2.24) is 4.90 Å². The van der Waals surface area contributed by atoms with Crippen molar-refractivity contribution in [2.45, 2.75) is 32.7 Å². The van der Waals surface area contributed by atoms with Gasteiger partial charge in [-0.05, 0) is 55.3 Å². The Morgan fingerprint density at radius 2 is 2.11 bits per heavy atom. The number of piperidine rings is 1. The van der Waals surface area contributed by atoms with Crippen LogP contribution < -0.4 is 0 Å². The number of nitrogens with zero attached hydrogens (tertiary/aromatic N) is 1. The maximum Gasteiger partial charge on any atom is 0.0456 e. The standard InChI is InChI=1S/C16H24ClNO/c1-13(12-19)9-15-3-2-8-18(11-15)10-14-4-6-16(17)7-5-14/h4-7,13,15,19H,2-3,8-12H2,1H3. The van der Waals surface area contributed by atoms with E-state index >= 15 is 0 Å². The van der Waals surface area contributed by atoms with Crippen LogP contribution in [0.1, 0.15) is 31.7 Å². The summed E-state index contributed by atoms with van der Waals surface area (Å²) in [6, 6.07) is 8.16. The van der Waals surface area contributed by atoms with E-state index in [1.807, 2.05) is 12.1 Å². The molecule has 0 aliphatic carbocycles. The molecule has 1 fully saturated rings. The van der Waals surface area contributed by atoms with E-state index in [4.69, 9.17) is 16.7 Å². The van der Waals surface area contributed by atoms with Crippen LogP contribution in [-0.2, 0) is 6.54 Å². The first kappa shape index (κ1) is 14.8. The van der Waals surface area contributed by atoms with E-state index in [0.29, 0.717) is 12.5 Å². The van der Waals surface area contributed by atoms with Gasteiger partial charge in [-0.3, -0.25) is 4.90 Å². The first-order chi connectivity index (χ1) is 9.17. The Morgan fingerprint density at radius 1 is 1.37 bits per heavy atom. The molecule has 1 aliphatic rings. The number of rotatable bonds is 5. The van der Waals surface area contributed by atoms with Crippen molar-refractivity contribution >= 4 is 11.6 Å². The van der Waals surface area contributed by atoms with Crippen molar-refractivity contribution in [3.63, 3.8) is 0 Å². The predicted octanol–water partition coefficient (Wildman–Crippen LogP) is 3.57. The number of benzene rings is 1. The van der Waals surface area contributed by atoms with Crippen LogP contribution in [0.2, 0.25) is 5.02 Å². The topological polar surface area (TPSA) is 23.5 Å². The Hall–Kier alpha value is -0.570. The zero-order valence-corrected chi connectivity index (χ0v) is 12.4. The maximum atomic E-state index is 9.17. The smallest absolute Gasteiger partial charge is 0.0456 e.